The van der Waals surface area contributed by atoms with Gasteiger partial charge in [0.15, 0.2) is 11.5 Å². The highest BCUT2D eigenvalue weighted by atomic mass is 16.5. The zero-order valence-electron chi connectivity index (χ0n) is 15.8. The van der Waals surface area contributed by atoms with E-state index in [1.807, 2.05) is 13.8 Å². The molecule has 0 aromatic heterocycles. The van der Waals surface area contributed by atoms with Crippen LogP contribution in [-0.4, -0.2) is 42.1 Å². The molecule has 0 radical (unpaired) electrons. The van der Waals surface area contributed by atoms with Crippen molar-refractivity contribution in [1.29, 1.82) is 0 Å². The number of benzene rings is 2. The Hall–Kier alpha value is -3.02. The first kappa shape index (κ1) is 18.8. The molecule has 2 aromatic rings. The van der Waals surface area contributed by atoms with E-state index in [2.05, 4.69) is 0 Å². The summed E-state index contributed by atoms with van der Waals surface area (Å²) >= 11 is 0. The van der Waals surface area contributed by atoms with Gasteiger partial charge in [0.2, 0.25) is 0 Å². The van der Waals surface area contributed by atoms with E-state index in [1.54, 1.807) is 54.5 Å². The molecule has 6 nitrogen and oxygen atoms in total. The van der Waals surface area contributed by atoms with E-state index in [0.29, 0.717) is 28.2 Å². The Kier molecular flexibility index (Phi) is 5.08. The Morgan fingerprint density at radius 2 is 1.74 bits per heavy atom. The van der Waals surface area contributed by atoms with Crippen molar-refractivity contribution in [2.24, 2.45) is 0 Å². The Morgan fingerprint density at radius 3 is 2.33 bits per heavy atom. The minimum Gasteiger partial charge on any atom is -0.493 e. The smallest absolute Gasteiger partial charge is 0.313 e. The van der Waals surface area contributed by atoms with Gasteiger partial charge in [0.1, 0.15) is 5.92 Å². The van der Waals surface area contributed by atoms with Gasteiger partial charge >= 0.3 is 5.97 Å². The molecule has 0 unspecified atom stereocenters. The predicted molar refractivity (Wildman–Crippen MR) is 100 cm³/mol. The van der Waals surface area contributed by atoms with Gasteiger partial charge in [0.05, 0.1) is 20.3 Å². The van der Waals surface area contributed by atoms with E-state index in [1.165, 1.54) is 7.11 Å². The zero-order chi connectivity index (χ0) is 19.7. The molecule has 27 heavy (non-hydrogen) atoms. The molecular weight excluding hydrogens is 346 g/mol. The van der Waals surface area contributed by atoms with Crippen LogP contribution < -0.4 is 9.47 Å². The van der Waals surface area contributed by atoms with Crippen LogP contribution in [0.3, 0.4) is 0 Å². The summed E-state index contributed by atoms with van der Waals surface area (Å²) in [6, 6.07) is 11.4. The maximum absolute atomic E-state index is 13.2. The quantitative estimate of drug-likeness (QED) is 0.873. The molecule has 0 spiro atoms. The molecule has 0 bridgehead atoms. The highest BCUT2D eigenvalue weighted by Gasteiger charge is 2.45. The number of hydrogen-bond acceptors (Lipinski definition) is 4. The van der Waals surface area contributed by atoms with Crippen LogP contribution in [0.4, 0.5) is 0 Å². The van der Waals surface area contributed by atoms with Crippen LogP contribution in [0.1, 0.15) is 47.3 Å². The summed E-state index contributed by atoms with van der Waals surface area (Å²) in [6.07, 6.45) is 0. The maximum atomic E-state index is 13.2. The van der Waals surface area contributed by atoms with Crippen molar-refractivity contribution in [3.8, 4) is 11.5 Å². The molecule has 0 fully saturated rings. The molecule has 1 amide bonds. The lowest BCUT2D eigenvalue weighted by molar-refractivity contribution is -0.140. The summed E-state index contributed by atoms with van der Waals surface area (Å²) in [5.41, 5.74) is 1.67. The van der Waals surface area contributed by atoms with Gasteiger partial charge in [-0.25, -0.2) is 0 Å². The fourth-order valence-electron chi connectivity index (χ4n) is 3.77. The first-order valence-electron chi connectivity index (χ1n) is 8.77. The van der Waals surface area contributed by atoms with Crippen molar-refractivity contribution in [1.82, 2.24) is 4.90 Å². The maximum Gasteiger partial charge on any atom is 0.313 e. The standard InChI is InChI=1S/C21H23NO5/c1-12(2)22-19(13-9-10-16(26-3)17(11-13)27-4)18(21(24)25)14-7-5-6-8-15(14)20(22)23/h5-12,18-19H,1-4H3,(H,24,25)/t18-,19+/m1/s1. The molecule has 1 N–H and O–H groups in total. The van der Waals surface area contributed by atoms with Crippen LogP contribution in [-0.2, 0) is 4.79 Å². The lowest BCUT2D eigenvalue weighted by Crippen LogP contribution is -2.48. The number of rotatable bonds is 5. The van der Waals surface area contributed by atoms with Crippen LogP contribution in [0.25, 0.3) is 0 Å². The van der Waals surface area contributed by atoms with Crippen LogP contribution >= 0.6 is 0 Å². The second-order valence-corrected chi connectivity index (χ2v) is 6.77. The van der Waals surface area contributed by atoms with Gasteiger partial charge in [-0.05, 0) is 43.2 Å². The summed E-state index contributed by atoms with van der Waals surface area (Å²) in [7, 11) is 3.07. The van der Waals surface area contributed by atoms with Crippen molar-refractivity contribution < 1.29 is 24.2 Å². The highest BCUT2D eigenvalue weighted by molar-refractivity contribution is 6.00. The molecule has 0 saturated heterocycles. The second-order valence-electron chi connectivity index (χ2n) is 6.77. The number of ether oxygens (including phenoxy) is 2. The number of fused-ring (bicyclic) bond motifs is 1. The summed E-state index contributed by atoms with van der Waals surface area (Å²) in [5, 5.41) is 10.0. The lowest BCUT2D eigenvalue weighted by atomic mass is 9.79. The van der Waals surface area contributed by atoms with Gasteiger partial charge in [-0.15, -0.1) is 0 Å². The van der Waals surface area contributed by atoms with Crippen LogP contribution in [0.2, 0.25) is 0 Å². The molecular formula is C21H23NO5. The number of methoxy groups -OCH3 is 2. The molecule has 0 saturated carbocycles. The van der Waals surface area contributed by atoms with E-state index >= 15 is 0 Å². The van der Waals surface area contributed by atoms with Crippen molar-refractivity contribution >= 4 is 11.9 Å². The Labute approximate surface area is 158 Å². The predicted octanol–water partition coefficient (Wildman–Crippen LogP) is 3.48. The fraction of sp³-hybridized carbons (Fsp3) is 0.333. The number of carbonyl (C=O) groups excluding carboxylic acids is 1. The molecule has 0 aliphatic carbocycles. The van der Waals surface area contributed by atoms with Crippen molar-refractivity contribution in [3.05, 3.63) is 59.2 Å². The number of carbonyl (C=O) groups is 2. The summed E-state index contributed by atoms with van der Waals surface area (Å²) in [5.74, 6) is -0.974. The average molecular weight is 369 g/mol. The number of carboxylic acid groups (broad SMARTS) is 1. The third kappa shape index (κ3) is 3.12. The molecule has 1 heterocycles. The molecule has 2 aromatic carbocycles. The number of carboxylic acids is 1. The molecule has 6 heteroatoms. The minimum absolute atomic E-state index is 0.169. The van der Waals surface area contributed by atoms with E-state index in [9.17, 15) is 14.7 Å². The van der Waals surface area contributed by atoms with Crippen LogP contribution in [0.15, 0.2) is 42.5 Å². The second kappa shape index (κ2) is 7.31. The summed E-state index contributed by atoms with van der Waals surface area (Å²) in [6.45, 7) is 3.77. The molecule has 1 aliphatic rings. The van der Waals surface area contributed by atoms with Gasteiger partial charge in [-0.1, -0.05) is 24.3 Å². The van der Waals surface area contributed by atoms with Gasteiger partial charge < -0.3 is 19.5 Å². The number of amides is 1. The van der Waals surface area contributed by atoms with Crippen LogP contribution in [0, 0.1) is 0 Å². The normalized spacial score (nSPS) is 19.0. The minimum atomic E-state index is -0.972. The fourth-order valence-corrected chi connectivity index (χ4v) is 3.77. The lowest BCUT2D eigenvalue weighted by Gasteiger charge is -2.43. The van der Waals surface area contributed by atoms with E-state index < -0.39 is 17.9 Å². The number of hydrogen-bond donors (Lipinski definition) is 1. The average Bonchev–Trinajstić information content (AvgIpc) is 2.66. The zero-order valence-corrected chi connectivity index (χ0v) is 15.8. The highest BCUT2D eigenvalue weighted by Crippen LogP contribution is 2.45. The molecule has 2 atom stereocenters. The van der Waals surface area contributed by atoms with Gasteiger partial charge in [0.25, 0.3) is 5.91 Å². The molecule has 3 rings (SSSR count). The van der Waals surface area contributed by atoms with Gasteiger partial charge in [0, 0.05) is 11.6 Å². The summed E-state index contributed by atoms with van der Waals surface area (Å²) < 4.78 is 10.7. The van der Waals surface area contributed by atoms with E-state index in [4.69, 9.17) is 9.47 Å². The molecule has 142 valence electrons. The Morgan fingerprint density at radius 1 is 1.07 bits per heavy atom. The molecule has 1 aliphatic heterocycles. The Balaban J connectivity index is 2.24. The summed E-state index contributed by atoms with van der Waals surface area (Å²) in [4.78, 5) is 27.1. The van der Waals surface area contributed by atoms with Crippen molar-refractivity contribution in [3.63, 3.8) is 0 Å². The first-order chi connectivity index (χ1) is 12.9. The monoisotopic (exact) mass is 369 g/mol. The van der Waals surface area contributed by atoms with E-state index in [-0.39, 0.29) is 11.9 Å². The first-order valence-corrected chi connectivity index (χ1v) is 8.77. The van der Waals surface area contributed by atoms with Gasteiger partial charge in [-0.2, -0.15) is 0 Å². The third-order valence-electron chi connectivity index (χ3n) is 4.95. The Bertz CT molecular complexity index is 877. The van der Waals surface area contributed by atoms with Crippen LogP contribution in [0.5, 0.6) is 11.5 Å². The number of nitrogens with zero attached hydrogens (tertiary/aromatic N) is 1. The number of aliphatic carboxylic acids is 1. The van der Waals surface area contributed by atoms with Crippen molar-refractivity contribution in [2.75, 3.05) is 14.2 Å². The van der Waals surface area contributed by atoms with Crippen molar-refractivity contribution in [2.45, 2.75) is 31.8 Å². The third-order valence-corrected chi connectivity index (χ3v) is 4.95. The SMILES string of the molecule is COc1ccc([C@H]2[C@H](C(=O)O)c3ccccc3C(=O)N2C(C)C)cc1OC. The van der Waals surface area contributed by atoms with Gasteiger partial charge in [-0.3, -0.25) is 9.59 Å². The topological polar surface area (TPSA) is 76.1 Å². The van der Waals surface area contributed by atoms with E-state index in [0.717, 1.165) is 0 Å². The largest absolute Gasteiger partial charge is 0.493 e.